The molecule has 1 heterocycles. The van der Waals surface area contributed by atoms with Gasteiger partial charge < -0.3 is 20.5 Å². The Labute approximate surface area is 115 Å². The first-order valence-electron chi connectivity index (χ1n) is 5.75. The molecule has 0 aliphatic heterocycles. The fraction of sp³-hybridized carbons (Fsp3) is 0.545. The molecule has 0 fully saturated rings. The monoisotopic (exact) mass is 287 g/mol. The van der Waals surface area contributed by atoms with E-state index in [4.69, 9.17) is 9.84 Å². The summed E-state index contributed by atoms with van der Waals surface area (Å²) in [5, 5.41) is 15.8. The first-order chi connectivity index (χ1) is 9.11. The lowest BCUT2D eigenvalue weighted by atomic mass is 10.2. The molecule has 1 unspecified atom stereocenters. The highest BCUT2D eigenvalue weighted by Crippen LogP contribution is 2.00. The second-order valence-corrected chi connectivity index (χ2v) is 4.54. The standard InChI is InChI=1S/C11H17N3O4S/c1-18-9(4-10(15)16)5-13-11(17)12-3-2-8-6-19-7-14-8/h6-7,9H,2-5H2,1H3,(H,15,16)(H2,12,13,17). The Bertz CT molecular complexity index is 397. The van der Waals surface area contributed by atoms with Crippen molar-refractivity contribution in [2.45, 2.75) is 18.9 Å². The smallest absolute Gasteiger partial charge is 0.314 e. The van der Waals surface area contributed by atoms with E-state index in [1.807, 2.05) is 5.38 Å². The molecule has 7 nitrogen and oxygen atoms in total. The van der Waals surface area contributed by atoms with E-state index in [0.29, 0.717) is 13.0 Å². The van der Waals surface area contributed by atoms with Gasteiger partial charge in [0.15, 0.2) is 0 Å². The third-order valence-electron chi connectivity index (χ3n) is 2.38. The maximum absolute atomic E-state index is 11.4. The number of nitrogens with one attached hydrogen (secondary N) is 2. The Morgan fingerprint density at radius 2 is 2.32 bits per heavy atom. The number of urea groups is 1. The first kappa shape index (κ1) is 15.4. The highest BCUT2D eigenvalue weighted by atomic mass is 32.1. The molecule has 0 bridgehead atoms. The number of hydrogen-bond acceptors (Lipinski definition) is 5. The summed E-state index contributed by atoms with van der Waals surface area (Å²) in [5.41, 5.74) is 2.68. The van der Waals surface area contributed by atoms with Crippen LogP contribution in [-0.4, -0.2) is 48.4 Å². The van der Waals surface area contributed by atoms with Crippen LogP contribution in [0.3, 0.4) is 0 Å². The maximum atomic E-state index is 11.4. The van der Waals surface area contributed by atoms with Crippen molar-refractivity contribution in [3.05, 3.63) is 16.6 Å². The predicted octanol–water partition coefficient (Wildman–Crippen LogP) is 0.474. The fourth-order valence-electron chi connectivity index (χ4n) is 1.37. The van der Waals surface area contributed by atoms with E-state index in [1.54, 1.807) is 5.51 Å². The lowest BCUT2D eigenvalue weighted by Gasteiger charge is -2.14. The molecule has 0 aromatic carbocycles. The number of thiazole rings is 1. The van der Waals surface area contributed by atoms with E-state index in [-0.39, 0.29) is 19.0 Å². The minimum absolute atomic E-state index is 0.143. The third kappa shape index (κ3) is 6.73. The highest BCUT2D eigenvalue weighted by molar-refractivity contribution is 7.07. The number of carbonyl (C=O) groups is 2. The Kier molecular flexibility index (Phi) is 6.83. The molecule has 1 aromatic heterocycles. The number of aliphatic carboxylic acids is 1. The molecular weight excluding hydrogens is 270 g/mol. The number of methoxy groups -OCH3 is 1. The van der Waals surface area contributed by atoms with Crippen molar-refractivity contribution in [2.75, 3.05) is 20.2 Å². The van der Waals surface area contributed by atoms with Crippen molar-refractivity contribution >= 4 is 23.3 Å². The van der Waals surface area contributed by atoms with Gasteiger partial charge in [-0.1, -0.05) is 0 Å². The Morgan fingerprint density at radius 3 is 2.89 bits per heavy atom. The van der Waals surface area contributed by atoms with Gasteiger partial charge in [0.05, 0.1) is 23.7 Å². The topological polar surface area (TPSA) is 101 Å². The van der Waals surface area contributed by atoms with Crippen LogP contribution in [0.1, 0.15) is 12.1 Å². The van der Waals surface area contributed by atoms with Gasteiger partial charge in [-0.25, -0.2) is 9.78 Å². The summed E-state index contributed by atoms with van der Waals surface area (Å²) in [6.45, 7) is 0.636. The van der Waals surface area contributed by atoms with Crippen LogP contribution < -0.4 is 10.6 Å². The van der Waals surface area contributed by atoms with Crippen molar-refractivity contribution in [1.82, 2.24) is 15.6 Å². The summed E-state index contributed by atoms with van der Waals surface area (Å²) >= 11 is 1.51. The molecule has 1 atom stereocenters. The normalized spacial score (nSPS) is 11.8. The van der Waals surface area contributed by atoms with E-state index in [0.717, 1.165) is 5.69 Å². The number of nitrogens with zero attached hydrogens (tertiary/aromatic N) is 1. The summed E-state index contributed by atoms with van der Waals surface area (Å²) in [7, 11) is 1.41. The van der Waals surface area contributed by atoms with Crippen LogP contribution in [0.15, 0.2) is 10.9 Å². The van der Waals surface area contributed by atoms with Crippen LogP contribution in [0.2, 0.25) is 0 Å². The third-order valence-corrected chi connectivity index (χ3v) is 3.01. The number of ether oxygens (including phenoxy) is 1. The minimum atomic E-state index is -0.961. The van der Waals surface area contributed by atoms with Gasteiger partial charge >= 0.3 is 12.0 Å². The van der Waals surface area contributed by atoms with Gasteiger partial charge in [0, 0.05) is 32.0 Å². The summed E-state index contributed by atoms with van der Waals surface area (Å²) in [6, 6.07) is -0.345. The average molecular weight is 287 g/mol. The molecule has 0 saturated carbocycles. The summed E-state index contributed by atoms with van der Waals surface area (Å²) in [6.07, 6.45) is -0.00295. The summed E-state index contributed by atoms with van der Waals surface area (Å²) in [5.74, 6) is -0.961. The zero-order chi connectivity index (χ0) is 14.1. The molecule has 106 valence electrons. The number of carbonyl (C=O) groups excluding carboxylic acids is 1. The molecule has 2 amide bonds. The molecule has 0 radical (unpaired) electrons. The van der Waals surface area contributed by atoms with Crippen molar-refractivity contribution < 1.29 is 19.4 Å². The molecule has 0 spiro atoms. The summed E-state index contributed by atoms with van der Waals surface area (Å²) < 4.78 is 4.94. The number of carboxylic acid groups (broad SMARTS) is 1. The van der Waals surface area contributed by atoms with Crippen molar-refractivity contribution in [3.63, 3.8) is 0 Å². The largest absolute Gasteiger partial charge is 0.481 e. The molecule has 3 N–H and O–H groups in total. The molecule has 0 aliphatic carbocycles. The van der Waals surface area contributed by atoms with Crippen LogP contribution in [-0.2, 0) is 16.0 Å². The highest BCUT2D eigenvalue weighted by Gasteiger charge is 2.13. The zero-order valence-corrected chi connectivity index (χ0v) is 11.4. The SMILES string of the molecule is COC(CNC(=O)NCCc1cscn1)CC(=O)O. The van der Waals surface area contributed by atoms with Gasteiger partial charge in [0.1, 0.15) is 0 Å². The Morgan fingerprint density at radius 1 is 1.53 bits per heavy atom. The second-order valence-electron chi connectivity index (χ2n) is 3.82. The van der Waals surface area contributed by atoms with Crippen molar-refractivity contribution in [3.8, 4) is 0 Å². The van der Waals surface area contributed by atoms with Crippen molar-refractivity contribution in [2.24, 2.45) is 0 Å². The second kappa shape index (κ2) is 8.44. The number of carboxylic acids is 1. The number of amides is 2. The maximum Gasteiger partial charge on any atom is 0.314 e. The Balaban J connectivity index is 2.14. The van der Waals surface area contributed by atoms with E-state index in [1.165, 1.54) is 18.4 Å². The average Bonchev–Trinajstić information content (AvgIpc) is 2.87. The lowest BCUT2D eigenvalue weighted by Crippen LogP contribution is -2.41. The van der Waals surface area contributed by atoms with E-state index < -0.39 is 12.1 Å². The van der Waals surface area contributed by atoms with Crippen LogP contribution in [0, 0.1) is 0 Å². The van der Waals surface area contributed by atoms with Crippen LogP contribution in [0.25, 0.3) is 0 Å². The van der Waals surface area contributed by atoms with E-state index in [9.17, 15) is 9.59 Å². The van der Waals surface area contributed by atoms with Crippen molar-refractivity contribution in [1.29, 1.82) is 0 Å². The number of rotatable bonds is 8. The van der Waals surface area contributed by atoms with E-state index >= 15 is 0 Å². The summed E-state index contributed by atoms with van der Waals surface area (Å²) in [4.78, 5) is 26.0. The van der Waals surface area contributed by atoms with Crippen LogP contribution >= 0.6 is 11.3 Å². The molecule has 1 rings (SSSR count). The molecule has 0 saturated heterocycles. The minimum Gasteiger partial charge on any atom is -0.481 e. The number of hydrogen-bond donors (Lipinski definition) is 3. The molecule has 8 heteroatoms. The molecule has 19 heavy (non-hydrogen) atoms. The fourth-order valence-corrected chi connectivity index (χ4v) is 1.96. The van der Waals surface area contributed by atoms with Gasteiger partial charge in [-0.3, -0.25) is 4.79 Å². The van der Waals surface area contributed by atoms with Gasteiger partial charge in [0.2, 0.25) is 0 Å². The quantitative estimate of drug-likeness (QED) is 0.645. The van der Waals surface area contributed by atoms with Gasteiger partial charge in [0.25, 0.3) is 0 Å². The molecular formula is C11H17N3O4S. The lowest BCUT2D eigenvalue weighted by molar-refractivity contribution is -0.139. The van der Waals surface area contributed by atoms with Gasteiger partial charge in [-0.15, -0.1) is 11.3 Å². The van der Waals surface area contributed by atoms with Crippen LogP contribution in [0.5, 0.6) is 0 Å². The number of aromatic nitrogens is 1. The predicted molar refractivity (Wildman–Crippen MR) is 70.3 cm³/mol. The molecule has 0 aliphatic rings. The van der Waals surface area contributed by atoms with E-state index in [2.05, 4.69) is 15.6 Å². The first-order valence-corrected chi connectivity index (χ1v) is 6.69. The van der Waals surface area contributed by atoms with Gasteiger partial charge in [-0.05, 0) is 0 Å². The van der Waals surface area contributed by atoms with Crippen LogP contribution in [0.4, 0.5) is 4.79 Å². The zero-order valence-electron chi connectivity index (χ0n) is 10.6. The Hall–Kier alpha value is -1.67. The van der Waals surface area contributed by atoms with Gasteiger partial charge in [-0.2, -0.15) is 0 Å². The molecule has 1 aromatic rings.